The molecule has 1 amide bonds. The van der Waals surface area contributed by atoms with E-state index in [1.54, 1.807) is 36.4 Å². The highest BCUT2D eigenvalue weighted by atomic mass is 32.2. The van der Waals surface area contributed by atoms with Crippen molar-refractivity contribution in [2.45, 2.75) is 62.2 Å². The molecule has 0 spiro atoms. The van der Waals surface area contributed by atoms with Crippen molar-refractivity contribution in [1.29, 1.82) is 5.26 Å². The maximum absolute atomic E-state index is 13.0. The van der Waals surface area contributed by atoms with Crippen molar-refractivity contribution in [1.82, 2.24) is 10.2 Å². The molecule has 1 fully saturated rings. The number of benzene rings is 3. The van der Waals surface area contributed by atoms with Gasteiger partial charge in [-0.1, -0.05) is 31.2 Å². The fourth-order valence-corrected chi connectivity index (χ4v) is 6.03. The molecule has 0 bridgehead atoms. The number of rotatable bonds is 13. The summed E-state index contributed by atoms with van der Waals surface area (Å²) in [5, 5.41) is 12.1. The van der Waals surface area contributed by atoms with Gasteiger partial charge in [-0.15, -0.1) is 0 Å². The summed E-state index contributed by atoms with van der Waals surface area (Å²) in [5.41, 5.74) is 0.822. The van der Waals surface area contributed by atoms with E-state index in [-0.39, 0.29) is 29.4 Å². The van der Waals surface area contributed by atoms with E-state index in [0.29, 0.717) is 30.6 Å². The number of nitrogens with zero attached hydrogens (tertiary/aromatic N) is 2. The fraction of sp³-hybridized carbons (Fsp3) is 0.375. The summed E-state index contributed by atoms with van der Waals surface area (Å²) in [6.07, 6.45) is -4.71. The number of carbonyl (C=O) groups is 1. The van der Waals surface area contributed by atoms with Crippen LogP contribution in [0.1, 0.15) is 52.9 Å². The Morgan fingerprint density at radius 3 is 2.26 bits per heavy atom. The largest absolute Gasteiger partial charge is 0.489 e. The smallest absolute Gasteiger partial charge is 0.416 e. The molecule has 1 heterocycles. The minimum absolute atomic E-state index is 0.0452. The molecular weight excluding hydrogens is 633 g/mol. The lowest BCUT2D eigenvalue weighted by Crippen LogP contribution is -2.33. The first-order valence-corrected chi connectivity index (χ1v) is 16.0. The van der Waals surface area contributed by atoms with Gasteiger partial charge in [0.15, 0.2) is 9.84 Å². The second-order valence-electron chi connectivity index (χ2n) is 10.7. The standard InChI is InChI=1S/C32H32F5N3O5S/c1-2-46(42,43)28-13-7-22(8-14-28)29(15-16-38)39-30(41)23-5-3-21(4-6-23)18-40-19-27(17-25(40)20-44-31(33)34)45-26-11-9-24(10-12-26)32(35,36)37/h3-14,25,27,29,31H,2,15,17-20H2,1H3,(H,39,41)/t25-,27-,29-/m0/s1. The first-order valence-electron chi connectivity index (χ1n) is 14.4. The molecule has 0 saturated carbocycles. The van der Waals surface area contributed by atoms with Crippen LogP contribution >= 0.6 is 0 Å². The molecule has 0 unspecified atom stereocenters. The number of ether oxygens (including phenoxy) is 2. The zero-order chi connectivity index (χ0) is 33.5. The highest BCUT2D eigenvalue weighted by molar-refractivity contribution is 7.91. The number of amides is 1. The van der Waals surface area contributed by atoms with Gasteiger partial charge in [-0.25, -0.2) is 8.42 Å². The van der Waals surface area contributed by atoms with Crippen LogP contribution in [0.4, 0.5) is 22.0 Å². The molecule has 246 valence electrons. The summed E-state index contributed by atoms with van der Waals surface area (Å²) in [6.45, 7) is -1.11. The molecule has 1 aliphatic heterocycles. The van der Waals surface area contributed by atoms with Gasteiger partial charge >= 0.3 is 12.8 Å². The lowest BCUT2D eigenvalue weighted by atomic mass is 10.0. The van der Waals surface area contributed by atoms with E-state index < -0.39 is 52.3 Å². The van der Waals surface area contributed by atoms with Crippen molar-refractivity contribution in [3.8, 4) is 11.8 Å². The lowest BCUT2D eigenvalue weighted by molar-refractivity contribution is -0.139. The predicted octanol–water partition coefficient (Wildman–Crippen LogP) is 6.14. The van der Waals surface area contributed by atoms with Crippen LogP contribution < -0.4 is 10.1 Å². The van der Waals surface area contributed by atoms with Crippen molar-refractivity contribution in [3.63, 3.8) is 0 Å². The van der Waals surface area contributed by atoms with E-state index in [2.05, 4.69) is 10.1 Å². The first kappa shape index (κ1) is 34.8. The zero-order valence-electron chi connectivity index (χ0n) is 24.7. The zero-order valence-corrected chi connectivity index (χ0v) is 25.5. The predicted molar refractivity (Wildman–Crippen MR) is 158 cm³/mol. The summed E-state index contributed by atoms with van der Waals surface area (Å²) in [6, 6.07) is 17.7. The van der Waals surface area contributed by atoms with E-state index >= 15 is 0 Å². The van der Waals surface area contributed by atoms with Gasteiger partial charge < -0.3 is 14.8 Å². The highest BCUT2D eigenvalue weighted by Gasteiger charge is 2.35. The van der Waals surface area contributed by atoms with Gasteiger partial charge in [0.1, 0.15) is 11.9 Å². The molecule has 0 aliphatic carbocycles. The third-order valence-corrected chi connectivity index (χ3v) is 9.36. The van der Waals surface area contributed by atoms with Gasteiger partial charge in [-0.3, -0.25) is 9.69 Å². The molecule has 1 aliphatic rings. The number of hydrogen-bond donors (Lipinski definition) is 1. The Bertz CT molecular complexity index is 1610. The van der Waals surface area contributed by atoms with Gasteiger partial charge in [-0.2, -0.15) is 27.2 Å². The molecule has 3 aromatic rings. The fourth-order valence-electron chi connectivity index (χ4n) is 5.14. The molecule has 4 rings (SSSR count). The average Bonchev–Trinajstić information content (AvgIpc) is 3.40. The number of sulfone groups is 1. The molecule has 3 atom stereocenters. The quantitative estimate of drug-likeness (QED) is 0.219. The Balaban J connectivity index is 1.40. The van der Waals surface area contributed by atoms with Crippen molar-refractivity contribution in [2.75, 3.05) is 18.9 Å². The first-order chi connectivity index (χ1) is 21.8. The van der Waals surface area contributed by atoms with Crippen LogP contribution in [0.5, 0.6) is 5.75 Å². The second kappa shape index (κ2) is 15.0. The van der Waals surface area contributed by atoms with Gasteiger partial charge in [0.05, 0.1) is 41.4 Å². The van der Waals surface area contributed by atoms with E-state index in [9.17, 15) is 40.4 Å². The molecular formula is C32H32F5N3O5S. The number of nitrogens with one attached hydrogen (secondary N) is 1. The van der Waals surface area contributed by atoms with E-state index in [4.69, 9.17) is 4.74 Å². The molecule has 0 aromatic heterocycles. The summed E-state index contributed by atoms with van der Waals surface area (Å²) in [4.78, 5) is 15.1. The molecule has 1 N–H and O–H groups in total. The Morgan fingerprint density at radius 1 is 1.04 bits per heavy atom. The third-order valence-electron chi connectivity index (χ3n) is 7.61. The molecule has 1 saturated heterocycles. The van der Waals surface area contributed by atoms with Crippen molar-refractivity contribution in [2.24, 2.45) is 0 Å². The monoisotopic (exact) mass is 665 g/mol. The molecule has 46 heavy (non-hydrogen) atoms. The molecule has 8 nitrogen and oxygen atoms in total. The number of halogens is 5. The Morgan fingerprint density at radius 2 is 1.70 bits per heavy atom. The second-order valence-corrected chi connectivity index (χ2v) is 13.0. The van der Waals surface area contributed by atoms with Crippen molar-refractivity contribution >= 4 is 15.7 Å². The lowest BCUT2D eigenvalue weighted by Gasteiger charge is -2.24. The summed E-state index contributed by atoms with van der Waals surface area (Å²) < 4.78 is 99.0. The van der Waals surface area contributed by atoms with Crippen LogP contribution in [-0.4, -0.2) is 56.9 Å². The summed E-state index contributed by atoms with van der Waals surface area (Å²) in [5.74, 6) is -0.286. The minimum atomic E-state index is -4.48. The Hall–Kier alpha value is -4.06. The Labute approximate surface area is 263 Å². The number of nitriles is 1. The van der Waals surface area contributed by atoms with Crippen molar-refractivity contribution < 1.29 is 44.6 Å². The number of hydrogen-bond acceptors (Lipinski definition) is 7. The normalized spacial score (nSPS) is 17.9. The average molecular weight is 666 g/mol. The molecule has 14 heteroatoms. The van der Waals surface area contributed by atoms with Crippen molar-refractivity contribution in [3.05, 3.63) is 95.1 Å². The van der Waals surface area contributed by atoms with E-state index in [0.717, 1.165) is 17.7 Å². The summed E-state index contributed by atoms with van der Waals surface area (Å²) >= 11 is 0. The topological polar surface area (TPSA) is 109 Å². The molecule has 3 aromatic carbocycles. The van der Waals surface area contributed by atoms with Crippen LogP contribution in [0.3, 0.4) is 0 Å². The van der Waals surface area contributed by atoms with Gasteiger partial charge in [0.25, 0.3) is 5.91 Å². The van der Waals surface area contributed by atoms with Crippen LogP contribution in [0.25, 0.3) is 0 Å². The summed E-state index contributed by atoms with van der Waals surface area (Å²) in [7, 11) is -3.40. The van der Waals surface area contributed by atoms with Gasteiger partial charge in [0, 0.05) is 31.1 Å². The van der Waals surface area contributed by atoms with Crippen LogP contribution in [0.15, 0.2) is 77.7 Å². The van der Waals surface area contributed by atoms with Crippen LogP contribution in [-0.2, 0) is 27.3 Å². The van der Waals surface area contributed by atoms with Crippen LogP contribution in [0.2, 0.25) is 0 Å². The van der Waals surface area contributed by atoms with Gasteiger partial charge in [-0.05, 0) is 59.7 Å². The number of carbonyl (C=O) groups excluding carboxylic acids is 1. The van der Waals surface area contributed by atoms with E-state index in [1.165, 1.54) is 31.2 Å². The maximum atomic E-state index is 13.0. The van der Waals surface area contributed by atoms with Crippen LogP contribution in [0, 0.1) is 11.3 Å². The van der Waals surface area contributed by atoms with Gasteiger partial charge in [0.2, 0.25) is 0 Å². The highest BCUT2D eigenvalue weighted by Crippen LogP contribution is 2.32. The third kappa shape index (κ3) is 9.24. The Kier molecular flexibility index (Phi) is 11.4. The number of likely N-dealkylation sites (tertiary alicyclic amines) is 1. The van der Waals surface area contributed by atoms with E-state index in [1.807, 2.05) is 11.0 Å². The molecule has 0 radical (unpaired) electrons. The number of alkyl halides is 5. The minimum Gasteiger partial charge on any atom is -0.489 e. The maximum Gasteiger partial charge on any atom is 0.416 e. The SMILES string of the molecule is CCS(=O)(=O)c1ccc([C@H](CC#N)NC(=O)c2ccc(CN3C[C@@H](Oc4ccc(C(F)(F)F)cc4)C[C@H]3COC(F)F)cc2)cc1.